The van der Waals surface area contributed by atoms with Crippen LogP contribution in [0.15, 0.2) is 46.9 Å². The summed E-state index contributed by atoms with van der Waals surface area (Å²) in [5.41, 5.74) is 3.70. The van der Waals surface area contributed by atoms with E-state index in [0.717, 1.165) is 18.5 Å². The van der Waals surface area contributed by atoms with E-state index in [9.17, 15) is 4.39 Å². The zero-order valence-corrected chi connectivity index (χ0v) is 13.4. The molecule has 106 valence electrons. The minimum atomic E-state index is -0.218. The minimum Gasteiger partial charge on any atom is -0.310 e. The fraction of sp³-hybridized carbons (Fsp3) is 0.294. The summed E-state index contributed by atoms with van der Waals surface area (Å²) in [5, 5.41) is 3.51. The third kappa shape index (κ3) is 3.68. The monoisotopic (exact) mass is 335 g/mol. The molecule has 1 N–H and O–H groups in total. The van der Waals surface area contributed by atoms with Gasteiger partial charge in [0.25, 0.3) is 0 Å². The smallest absolute Gasteiger partial charge is 0.137 e. The van der Waals surface area contributed by atoms with E-state index in [-0.39, 0.29) is 11.9 Å². The van der Waals surface area contributed by atoms with Crippen molar-refractivity contribution in [3.63, 3.8) is 0 Å². The lowest BCUT2D eigenvalue weighted by Gasteiger charge is -2.20. The highest BCUT2D eigenvalue weighted by Crippen LogP contribution is 2.24. The average molecular weight is 336 g/mol. The Labute approximate surface area is 128 Å². The first-order valence-electron chi connectivity index (χ1n) is 6.84. The predicted molar refractivity (Wildman–Crippen MR) is 85.4 cm³/mol. The van der Waals surface area contributed by atoms with Gasteiger partial charge in [0.15, 0.2) is 0 Å². The number of benzene rings is 2. The lowest BCUT2D eigenvalue weighted by molar-refractivity contribution is 0.546. The molecule has 0 heterocycles. The van der Waals surface area contributed by atoms with Crippen molar-refractivity contribution in [2.24, 2.45) is 0 Å². The quantitative estimate of drug-likeness (QED) is 0.828. The van der Waals surface area contributed by atoms with Crippen LogP contribution in [-0.2, 0) is 6.42 Å². The topological polar surface area (TPSA) is 12.0 Å². The molecule has 2 rings (SSSR count). The van der Waals surface area contributed by atoms with Gasteiger partial charge in [-0.1, -0.05) is 37.3 Å². The zero-order valence-electron chi connectivity index (χ0n) is 11.8. The van der Waals surface area contributed by atoms with Crippen LogP contribution in [0.4, 0.5) is 4.39 Å². The third-order valence-electron chi connectivity index (χ3n) is 3.44. The maximum atomic E-state index is 13.3. The summed E-state index contributed by atoms with van der Waals surface area (Å²) in [4.78, 5) is 0. The molecule has 0 aliphatic carbocycles. The van der Waals surface area contributed by atoms with Gasteiger partial charge in [-0.05, 0) is 64.6 Å². The maximum absolute atomic E-state index is 13.3. The fourth-order valence-corrected chi connectivity index (χ4v) is 2.84. The molecule has 2 aromatic carbocycles. The van der Waals surface area contributed by atoms with Crippen LogP contribution in [0.5, 0.6) is 0 Å². The van der Waals surface area contributed by atoms with Crippen LogP contribution in [-0.4, -0.2) is 6.54 Å². The summed E-state index contributed by atoms with van der Waals surface area (Å²) >= 11 is 3.25. The number of aryl methyl sites for hydroxylation is 1. The van der Waals surface area contributed by atoms with Crippen LogP contribution < -0.4 is 5.32 Å². The van der Waals surface area contributed by atoms with Crippen LogP contribution in [0.2, 0.25) is 0 Å². The molecule has 0 amide bonds. The maximum Gasteiger partial charge on any atom is 0.137 e. The van der Waals surface area contributed by atoms with E-state index < -0.39 is 0 Å². The highest BCUT2D eigenvalue weighted by Gasteiger charge is 2.13. The molecule has 1 unspecified atom stereocenters. The van der Waals surface area contributed by atoms with E-state index in [4.69, 9.17) is 0 Å². The standard InChI is InChI=1S/C17H19BrFN/c1-3-20-17(14-7-5-4-6-12(14)2)11-13-8-9-16(19)15(18)10-13/h4-10,17,20H,3,11H2,1-2H3. The highest BCUT2D eigenvalue weighted by molar-refractivity contribution is 9.10. The molecule has 0 radical (unpaired) electrons. The number of hydrogen-bond acceptors (Lipinski definition) is 1. The van der Waals surface area contributed by atoms with Crippen molar-refractivity contribution in [2.45, 2.75) is 26.3 Å². The van der Waals surface area contributed by atoms with Gasteiger partial charge in [-0.3, -0.25) is 0 Å². The van der Waals surface area contributed by atoms with Gasteiger partial charge < -0.3 is 5.32 Å². The lowest BCUT2D eigenvalue weighted by atomic mass is 9.95. The Hall–Kier alpha value is -1.19. The Balaban J connectivity index is 2.25. The summed E-state index contributed by atoms with van der Waals surface area (Å²) in [6.45, 7) is 5.13. The van der Waals surface area contributed by atoms with E-state index in [1.807, 2.05) is 12.1 Å². The molecule has 0 saturated heterocycles. The van der Waals surface area contributed by atoms with Gasteiger partial charge in [-0.15, -0.1) is 0 Å². The Morgan fingerprint density at radius 1 is 1.20 bits per heavy atom. The van der Waals surface area contributed by atoms with Crippen molar-refractivity contribution in [3.05, 3.63) is 69.4 Å². The van der Waals surface area contributed by atoms with Gasteiger partial charge in [-0.2, -0.15) is 0 Å². The SMILES string of the molecule is CCNC(Cc1ccc(F)c(Br)c1)c1ccccc1C. The molecule has 0 spiro atoms. The van der Waals surface area contributed by atoms with Crippen LogP contribution in [0.25, 0.3) is 0 Å². The second-order valence-corrected chi connectivity index (χ2v) is 5.77. The van der Waals surface area contributed by atoms with Crippen LogP contribution in [0, 0.1) is 12.7 Å². The molecule has 0 aliphatic rings. The zero-order chi connectivity index (χ0) is 14.5. The Kier molecular flexibility index (Phi) is 5.32. The van der Waals surface area contributed by atoms with E-state index in [1.165, 1.54) is 17.2 Å². The second kappa shape index (κ2) is 7.00. The number of halogens is 2. The summed E-state index contributed by atoms with van der Waals surface area (Å²) in [6, 6.07) is 13.9. The molecule has 0 aromatic heterocycles. The molecule has 1 atom stereocenters. The molecule has 3 heteroatoms. The lowest BCUT2D eigenvalue weighted by Crippen LogP contribution is -2.23. The van der Waals surface area contributed by atoms with Gasteiger partial charge >= 0.3 is 0 Å². The molecule has 0 bridgehead atoms. The molecular formula is C17H19BrFN. The minimum absolute atomic E-state index is 0.218. The molecule has 0 saturated carbocycles. The number of hydrogen-bond donors (Lipinski definition) is 1. The van der Waals surface area contributed by atoms with Crippen LogP contribution >= 0.6 is 15.9 Å². The summed E-state index contributed by atoms with van der Waals surface area (Å²) < 4.78 is 13.8. The average Bonchev–Trinajstić information content (AvgIpc) is 2.43. The van der Waals surface area contributed by atoms with Crippen molar-refractivity contribution in [1.29, 1.82) is 0 Å². The Morgan fingerprint density at radius 2 is 1.95 bits per heavy atom. The molecular weight excluding hydrogens is 317 g/mol. The van der Waals surface area contributed by atoms with Crippen LogP contribution in [0.1, 0.15) is 29.7 Å². The van der Waals surface area contributed by atoms with E-state index in [1.54, 1.807) is 0 Å². The van der Waals surface area contributed by atoms with E-state index >= 15 is 0 Å². The first-order chi connectivity index (χ1) is 9.61. The van der Waals surface area contributed by atoms with Crippen molar-refractivity contribution >= 4 is 15.9 Å². The van der Waals surface area contributed by atoms with Gasteiger partial charge in [0.1, 0.15) is 5.82 Å². The number of likely N-dealkylation sites (N-methyl/N-ethyl adjacent to an activating group) is 1. The summed E-state index contributed by atoms with van der Waals surface area (Å²) in [6.07, 6.45) is 0.845. The van der Waals surface area contributed by atoms with Crippen molar-refractivity contribution in [1.82, 2.24) is 5.32 Å². The number of rotatable bonds is 5. The normalized spacial score (nSPS) is 12.4. The van der Waals surface area contributed by atoms with Gasteiger partial charge in [0.2, 0.25) is 0 Å². The van der Waals surface area contributed by atoms with Crippen molar-refractivity contribution in [2.75, 3.05) is 6.54 Å². The van der Waals surface area contributed by atoms with Crippen LogP contribution in [0.3, 0.4) is 0 Å². The Morgan fingerprint density at radius 3 is 2.60 bits per heavy atom. The largest absolute Gasteiger partial charge is 0.310 e. The van der Waals surface area contributed by atoms with Gasteiger partial charge in [0.05, 0.1) is 4.47 Å². The third-order valence-corrected chi connectivity index (χ3v) is 4.05. The highest BCUT2D eigenvalue weighted by atomic mass is 79.9. The van der Waals surface area contributed by atoms with Crippen molar-refractivity contribution in [3.8, 4) is 0 Å². The molecule has 0 aliphatic heterocycles. The summed E-state index contributed by atoms with van der Waals surface area (Å²) in [5.74, 6) is -0.218. The first kappa shape index (κ1) is 15.2. The van der Waals surface area contributed by atoms with Gasteiger partial charge in [0, 0.05) is 6.04 Å². The molecule has 20 heavy (non-hydrogen) atoms. The predicted octanol–water partition coefficient (Wildman–Crippen LogP) is 4.79. The summed E-state index contributed by atoms with van der Waals surface area (Å²) in [7, 11) is 0. The van der Waals surface area contributed by atoms with Gasteiger partial charge in [-0.25, -0.2) is 4.39 Å². The first-order valence-corrected chi connectivity index (χ1v) is 7.64. The molecule has 1 nitrogen and oxygen atoms in total. The second-order valence-electron chi connectivity index (χ2n) is 4.92. The Bertz CT molecular complexity index is 583. The van der Waals surface area contributed by atoms with Crippen molar-refractivity contribution < 1.29 is 4.39 Å². The van der Waals surface area contributed by atoms with E-state index in [2.05, 4.69) is 59.4 Å². The molecule has 0 fully saturated rings. The fourth-order valence-electron chi connectivity index (χ4n) is 2.42. The number of nitrogens with one attached hydrogen (secondary N) is 1. The molecule has 2 aromatic rings. The van der Waals surface area contributed by atoms with E-state index in [0.29, 0.717) is 4.47 Å².